The van der Waals surface area contributed by atoms with Crippen LogP contribution in [0.1, 0.15) is 40.0 Å². The van der Waals surface area contributed by atoms with Crippen LogP contribution < -0.4 is 11.1 Å². The Morgan fingerprint density at radius 1 is 1.50 bits per heavy atom. The smallest absolute Gasteiger partial charge is 0.234 e. The van der Waals surface area contributed by atoms with Crippen molar-refractivity contribution in [3.05, 3.63) is 0 Å². The summed E-state index contributed by atoms with van der Waals surface area (Å²) in [4.78, 5) is 13.6. The fourth-order valence-electron chi connectivity index (χ4n) is 1.92. The first-order chi connectivity index (χ1) is 7.54. The van der Waals surface area contributed by atoms with Crippen LogP contribution in [0.25, 0.3) is 0 Å². The largest absolute Gasteiger partial charge is 0.368 e. The second-order valence-corrected chi connectivity index (χ2v) is 4.91. The first-order valence-electron chi connectivity index (χ1n) is 6.34. The second kappa shape index (κ2) is 6.21. The van der Waals surface area contributed by atoms with Crippen LogP contribution in [0.4, 0.5) is 0 Å². The van der Waals surface area contributed by atoms with Crippen LogP contribution in [-0.2, 0) is 4.79 Å². The van der Waals surface area contributed by atoms with Gasteiger partial charge in [-0.15, -0.1) is 0 Å². The third-order valence-corrected chi connectivity index (χ3v) is 3.20. The van der Waals surface area contributed by atoms with Gasteiger partial charge in [-0.3, -0.25) is 4.79 Å². The number of nitrogens with two attached hydrogens (primary N) is 1. The summed E-state index contributed by atoms with van der Waals surface area (Å²) in [5.74, 6) is -0.216. The lowest BCUT2D eigenvalue weighted by molar-refractivity contribution is -0.120. The molecule has 4 nitrogen and oxygen atoms in total. The van der Waals surface area contributed by atoms with E-state index in [-0.39, 0.29) is 11.9 Å². The summed E-state index contributed by atoms with van der Waals surface area (Å²) in [5, 5.41) is 3.31. The Morgan fingerprint density at radius 2 is 2.12 bits per heavy atom. The standard InChI is InChI=1S/C12H25N3O/c1-4-15(9(2)3)8-7-11(12(13)16)14-10-5-6-10/h9-11,14H,4-8H2,1-3H3,(H2,13,16). The van der Waals surface area contributed by atoms with Gasteiger partial charge in [0.05, 0.1) is 6.04 Å². The van der Waals surface area contributed by atoms with Gasteiger partial charge in [-0.1, -0.05) is 6.92 Å². The molecule has 1 unspecified atom stereocenters. The first kappa shape index (κ1) is 13.5. The number of hydrogen-bond acceptors (Lipinski definition) is 3. The predicted molar refractivity (Wildman–Crippen MR) is 66.1 cm³/mol. The molecule has 1 rings (SSSR count). The molecule has 94 valence electrons. The number of carbonyl (C=O) groups is 1. The highest BCUT2D eigenvalue weighted by molar-refractivity contribution is 5.79. The molecule has 1 amide bonds. The topological polar surface area (TPSA) is 58.4 Å². The van der Waals surface area contributed by atoms with E-state index in [0.717, 1.165) is 19.5 Å². The highest BCUT2D eigenvalue weighted by Crippen LogP contribution is 2.20. The van der Waals surface area contributed by atoms with E-state index in [1.54, 1.807) is 0 Å². The van der Waals surface area contributed by atoms with Crippen LogP contribution in [0.2, 0.25) is 0 Å². The minimum Gasteiger partial charge on any atom is -0.368 e. The molecule has 1 aliphatic carbocycles. The normalized spacial score (nSPS) is 18.1. The minimum atomic E-state index is -0.216. The molecule has 0 radical (unpaired) electrons. The van der Waals surface area contributed by atoms with Gasteiger partial charge in [0, 0.05) is 18.6 Å². The van der Waals surface area contributed by atoms with Gasteiger partial charge in [0.25, 0.3) is 0 Å². The zero-order valence-corrected chi connectivity index (χ0v) is 10.7. The summed E-state index contributed by atoms with van der Waals surface area (Å²) in [6, 6.07) is 0.909. The molecular weight excluding hydrogens is 202 g/mol. The summed E-state index contributed by atoms with van der Waals surface area (Å²) in [6.07, 6.45) is 3.19. The van der Waals surface area contributed by atoms with Gasteiger partial charge in [-0.25, -0.2) is 0 Å². The van der Waals surface area contributed by atoms with Crippen molar-refractivity contribution in [2.24, 2.45) is 5.73 Å². The maximum Gasteiger partial charge on any atom is 0.234 e. The van der Waals surface area contributed by atoms with Crippen molar-refractivity contribution < 1.29 is 4.79 Å². The predicted octanol–water partition coefficient (Wildman–Crippen LogP) is 0.713. The first-order valence-corrected chi connectivity index (χ1v) is 6.34. The Hall–Kier alpha value is -0.610. The molecule has 3 N–H and O–H groups in total. The maximum absolute atomic E-state index is 11.3. The van der Waals surface area contributed by atoms with E-state index in [9.17, 15) is 4.79 Å². The molecule has 0 aromatic carbocycles. The Bertz CT molecular complexity index is 226. The van der Waals surface area contributed by atoms with E-state index >= 15 is 0 Å². The highest BCUT2D eigenvalue weighted by Gasteiger charge is 2.27. The van der Waals surface area contributed by atoms with E-state index in [1.165, 1.54) is 12.8 Å². The van der Waals surface area contributed by atoms with Crippen molar-refractivity contribution in [3.63, 3.8) is 0 Å². The van der Waals surface area contributed by atoms with E-state index in [1.807, 2.05) is 0 Å². The van der Waals surface area contributed by atoms with Crippen molar-refractivity contribution in [1.82, 2.24) is 10.2 Å². The Balaban J connectivity index is 2.32. The van der Waals surface area contributed by atoms with Gasteiger partial charge in [0.1, 0.15) is 0 Å². The number of nitrogens with one attached hydrogen (secondary N) is 1. The lowest BCUT2D eigenvalue weighted by Crippen LogP contribution is -2.45. The summed E-state index contributed by atoms with van der Waals surface area (Å²) < 4.78 is 0. The summed E-state index contributed by atoms with van der Waals surface area (Å²) >= 11 is 0. The maximum atomic E-state index is 11.3. The Kier molecular flexibility index (Phi) is 5.22. The number of carbonyl (C=O) groups excluding carboxylic acids is 1. The van der Waals surface area contributed by atoms with Gasteiger partial charge in [0.15, 0.2) is 0 Å². The molecule has 1 atom stereocenters. The highest BCUT2D eigenvalue weighted by atomic mass is 16.1. The Morgan fingerprint density at radius 3 is 2.50 bits per heavy atom. The molecule has 0 aliphatic heterocycles. The SMILES string of the molecule is CCN(CCC(NC1CC1)C(N)=O)C(C)C. The van der Waals surface area contributed by atoms with Crippen LogP contribution in [-0.4, -0.2) is 42.0 Å². The van der Waals surface area contributed by atoms with Gasteiger partial charge < -0.3 is 16.0 Å². The number of amides is 1. The fraction of sp³-hybridized carbons (Fsp3) is 0.917. The average molecular weight is 227 g/mol. The van der Waals surface area contributed by atoms with Crippen molar-refractivity contribution in [2.45, 2.75) is 58.2 Å². The molecule has 0 saturated heterocycles. The average Bonchev–Trinajstić information content (AvgIpc) is 2.99. The zero-order chi connectivity index (χ0) is 12.1. The van der Waals surface area contributed by atoms with Crippen LogP contribution in [0.3, 0.4) is 0 Å². The Labute approximate surface area is 98.6 Å². The van der Waals surface area contributed by atoms with Crippen molar-refractivity contribution >= 4 is 5.91 Å². The molecule has 1 saturated carbocycles. The van der Waals surface area contributed by atoms with E-state index in [0.29, 0.717) is 12.1 Å². The summed E-state index contributed by atoms with van der Waals surface area (Å²) in [5.41, 5.74) is 5.40. The quantitative estimate of drug-likeness (QED) is 0.642. The van der Waals surface area contributed by atoms with Crippen molar-refractivity contribution in [1.29, 1.82) is 0 Å². The lowest BCUT2D eigenvalue weighted by atomic mass is 10.1. The lowest BCUT2D eigenvalue weighted by Gasteiger charge is -2.26. The molecule has 16 heavy (non-hydrogen) atoms. The minimum absolute atomic E-state index is 0.153. The van der Waals surface area contributed by atoms with Crippen molar-refractivity contribution in [3.8, 4) is 0 Å². The van der Waals surface area contributed by atoms with E-state index in [2.05, 4.69) is 31.0 Å². The zero-order valence-electron chi connectivity index (χ0n) is 10.7. The number of primary amides is 1. The third kappa shape index (κ3) is 4.49. The molecule has 1 fully saturated rings. The fourth-order valence-corrected chi connectivity index (χ4v) is 1.92. The number of rotatable bonds is 8. The van der Waals surface area contributed by atoms with Gasteiger partial charge >= 0.3 is 0 Å². The van der Waals surface area contributed by atoms with Crippen LogP contribution in [0, 0.1) is 0 Å². The van der Waals surface area contributed by atoms with Crippen LogP contribution in [0.15, 0.2) is 0 Å². The summed E-state index contributed by atoms with van der Waals surface area (Å²) in [6.45, 7) is 8.45. The van der Waals surface area contributed by atoms with Crippen LogP contribution in [0.5, 0.6) is 0 Å². The third-order valence-electron chi connectivity index (χ3n) is 3.20. The van der Waals surface area contributed by atoms with E-state index < -0.39 is 0 Å². The number of hydrogen-bond donors (Lipinski definition) is 2. The van der Waals surface area contributed by atoms with Gasteiger partial charge in [0.2, 0.25) is 5.91 Å². The monoisotopic (exact) mass is 227 g/mol. The molecule has 4 heteroatoms. The van der Waals surface area contributed by atoms with Gasteiger partial charge in [-0.05, 0) is 39.7 Å². The molecule has 1 aliphatic rings. The number of nitrogens with zero attached hydrogens (tertiary/aromatic N) is 1. The summed E-state index contributed by atoms with van der Waals surface area (Å²) in [7, 11) is 0. The molecular formula is C12H25N3O. The molecule has 0 heterocycles. The van der Waals surface area contributed by atoms with Crippen LogP contribution >= 0.6 is 0 Å². The molecule has 0 spiro atoms. The van der Waals surface area contributed by atoms with Crippen molar-refractivity contribution in [2.75, 3.05) is 13.1 Å². The molecule has 0 aromatic heterocycles. The molecule has 0 aromatic rings. The second-order valence-electron chi connectivity index (χ2n) is 4.91. The van der Waals surface area contributed by atoms with Gasteiger partial charge in [-0.2, -0.15) is 0 Å². The molecule has 0 bridgehead atoms. The van der Waals surface area contributed by atoms with E-state index in [4.69, 9.17) is 5.73 Å².